The third-order valence-electron chi connectivity index (χ3n) is 7.02. The molecule has 0 unspecified atom stereocenters. The van der Waals surface area contributed by atoms with Gasteiger partial charge in [0.2, 0.25) is 17.7 Å². The van der Waals surface area contributed by atoms with Crippen molar-refractivity contribution in [2.24, 2.45) is 11.8 Å². The number of aromatic hydroxyl groups is 1. The van der Waals surface area contributed by atoms with Crippen molar-refractivity contribution < 1.29 is 19.5 Å². The largest absolute Gasteiger partial charge is 0.508 e. The quantitative estimate of drug-likeness (QED) is 0.632. The normalized spacial score (nSPS) is 28.9. The van der Waals surface area contributed by atoms with Gasteiger partial charge in [0.05, 0.1) is 11.8 Å². The summed E-state index contributed by atoms with van der Waals surface area (Å²) in [7, 11) is 0. The average molecular weight is 434 g/mol. The average Bonchev–Trinajstić information content (AvgIpc) is 3.29. The number of carbonyl (C=O) groups excluding carboxylic acids is 3. The number of carbonyl (C=O) groups is 3. The van der Waals surface area contributed by atoms with E-state index in [-0.39, 0.29) is 23.5 Å². The molecule has 2 fully saturated rings. The summed E-state index contributed by atoms with van der Waals surface area (Å²) in [6.45, 7) is 7.44. The lowest BCUT2D eigenvalue weighted by atomic mass is 9.76. The molecule has 166 valence electrons. The van der Waals surface area contributed by atoms with E-state index in [0.29, 0.717) is 12.1 Å². The molecule has 32 heavy (non-hydrogen) atoms. The number of para-hydroxylation sites is 1. The maximum absolute atomic E-state index is 13.7. The lowest BCUT2D eigenvalue weighted by molar-refractivity contribution is -0.147. The number of anilines is 1. The van der Waals surface area contributed by atoms with Crippen LogP contribution in [0.2, 0.25) is 0 Å². The number of aryl methyl sites for hydroxylation is 1. The Morgan fingerprint density at radius 1 is 1.03 bits per heavy atom. The van der Waals surface area contributed by atoms with Crippen LogP contribution in [0.4, 0.5) is 5.69 Å². The standard InChI is InChI=1S/C25H27N3O4/c1-13-6-5-7-16-20(13)26-23(32)25(16)19-18(21(30)28(22(19)31)24(2,3)4)17(27-25)12-14-8-10-15(29)11-9-14/h5-11,17-19,27,29H,12H2,1-4H3,(H,26,32)/t17-,18-,19+,25-/m1/s1. The second-order valence-electron chi connectivity index (χ2n) is 10.1. The van der Waals surface area contributed by atoms with Gasteiger partial charge in [0, 0.05) is 22.8 Å². The first kappa shape index (κ1) is 20.7. The van der Waals surface area contributed by atoms with Gasteiger partial charge in [-0.05, 0) is 57.4 Å². The molecule has 0 aliphatic carbocycles. The first-order chi connectivity index (χ1) is 15.1. The minimum Gasteiger partial charge on any atom is -0.508 e. The summed E-state index contributed by atoms with van der Waals surface area (Å²) in [5.74, 6) is -2.16. The van der Waals surface area contributed by atoms with Crippen LogP contribution in [0.15, 0.2) is 42.5 Å². The highest BCUT2D eigenvalue weighted by molar-refractivity contribution is 6.15. The Labute approximate surface area is 186 Å². The van der Waals surface area contributed by atoms with Crippen LogP contribution in [0.5, 0.6) is 5.75 Å². The van der Waals surface area contributed by atoms with Gasteiger partial charge in [0.1, 0.15) is 11.3 Å². The van der Waals surface area contributed by atoms with E-state index < -0.39 is 29.0 Å². The molecular formula is C25H27N3O4. The van der Waals surface area contributed by atoms with Crippen molar-refractivity contribution >= 4 is 23.4 Å². The zero-order chi connectivity index (χ0) is 23.0. The molecular weight excluding hydrogens is 406 g/mol. The van der Waals surface area contributed by atoms with E-state index in [4.69, 9.17) is 0 Å². The molecule has 0 bridgehead atoms. The minimum atomic E-state index is -1.29. The van der Waals surface area contributed by atoms with Crippen LogP contribution in [-0.2, 0) is 26.3 Å². The highest BCUT2D eigenvalue weighted by atomic mass is 16.3. The number of nitrogens with zero attached hydrogens (tertiary/aromatic N) is 1. The van der Waals surface area contributed by atoms with Crippen LogP contribution in [0, 0.1) is 18.8 Å². The number of fused-ring (bicyclic) bond motifs is 4. The van der Waals surface area contributed by atoms with E-state index in [2.05, 4.69) is 10.6 Å². The van der Waals surface area contributed by atoms with Gasteiger partial charge in [-0.25, -0.2) is 0 Å². The maximum Gasteiger partial charge on any atom is 0.250 e. The van der Waals surface area contributed by atoms with E-state index >= 15 is 0 Å². The fourth-order valence-corrected chi connectivity index (χ4v) is 5.70. The number of hydrogen-bond donors (Lipinski definition) is 3. The molecule has 7 nitrogen and oxygen atoms in total. The summed E-state index contributed by atoms with van der Waals surface area (Å²) in [5.41, 5.74) is 1.28. The Hall–Kier alpha value is -3.19. The SMILES string of the molecule is Cc1cccc2c1NC(=O)[C@@]21N[C@H](Cc2ccc(O)cc2)[C@H]2C(=O)N(C(C)(C)C)C(=O)[C@H]21. The van der Waals surface area contributed by atoms with Crippen molar-refractivity contribution in [3.63, 3.8) is 0 Å². The fourth-order valence-electron chi connectivity index (χ4n) is 5.70. The van der Waals surface area contributed by atoms with Gasteiger partial charge in [0.25, 0.3) is 0 Å². The van der Waals surface area contributed by atoms with E-state index in [0.717, 1.165) is 16.7 Å². The molecule has 3 aliphatic rings. The summed E-state index contributed by atoms with van der Waals surface area (Å²) in [6.07, 6.45) is 0.453. The molecule has 0 aromatic heterocycles. The number of likely N-dealkylation sites (tertiary alicyclic amines) is 1. The lowest BCUT2D eigenvalue weighted by Crippen LogP contribution is -2.56. The molecule has 3 N–H and O–H groups in total. The van der Waals surface area contributed by atoms with Crippen LogP contribution in [-0.4, -0.2) is 39.3 Å². The smallest absolute Gasteiger partial charge is 0.250 e. The van der Waals surface area contributed by atoms with Crippen molar-refractivity contribution in [3.05, 3.63) is 59.2 Å². The second-order valence-corrected chi connectivity index (χ2v) is 10.1. The van der Waals surface area contributed by atoms with Crippen LogP contribution in [0.3, 0.4) is 0 Å². The number of imide groups is 1. The highest BCUT2D eigenvalue weighted by Gasteiger charge is 2.71. The Balaban J connectivity index is 1.66. The molecule has 0 saturated carbocycles. The molecule has 2 aromatic rings. The van der Waals surface area contributed by atoms with Crippen molar-refractivity contribution in [2.45, 2.75) is 51.2 Å². The third-order valence-corrected chi connectivity index (χ3v) is 7.02. The topological polar surface area (TPSA) is 98.7 Å². The van der Waals surface area contributed by atoms with E-state index in [1.165, 1.54) is 4.90 Å². The van der Waals surface area contributed by atoms with E-state index in [1.54, 1.807) is 24.3 Å². The molecule has 4 atom stereocenters. The third kappa shape index (κ3) is 2.67. The van der Waals surface area contributed by atoms with Crippen LogP contribution >= 0.6 is 0 Å². The van der Waals surface area contributed by atoms with E-state index in [9.17, 15) is 19.5 Å². The predicted molar refractivity (Wildman–Crippen MR) is 119 cm³/mol. The van der Waals surface area contributed by atoms with Gasteiger partial charge in [0.15, 0.2) is 0 Å². The van der Waals surface area contributed by atoms with Gasteiger partial charge >= 0.3 is 0 Å². The molecule has 1 spiro atoms. The summed E-state index contributed by atoms with van der Waals surface area (Å²) in [5, 5.41) is 16.1. The predicted octanol–water partition coefficient (Wildman–Crippen LogP) is 2.46. The van der Waals surface area contributed by atoms with Gasteiger partial charge in [-0.1, -0.05) is 30.3 Å². The zero-order valence-corrected chi connectivity index (χ0v) is 18.6. The molecule has 7 heteroatoms. The number of amides is 3. The van der Waals surface area contributed by atoms with E-state index in [1.807, 2.05) is 45.9 Å². The molecule has 3 amide bonds. The van der Waals surface area contributed by atoms with Crippen molar-refractivity contribution in [2.75, 3.05) is 5.32 Å². The van der Waals surface area contributed by atoms with Gasteiger partial charge in [-0.2, -0.15) is 0 Å². The number of nitrogens with one attached hydrogen (secondary N) is 2. The van der Waals surface area contributed by atoms with Crippen LogP contribution < -0.4 is 10.6 Å². The molecule has 0 radical (unpaired) electrons. The van der Waals surface area contributed by atoms with Crippen LogP contribution in [0.25, 0.3) is 0 Å². The minimum absolute atomic E-state index is 0.160. The van der Waals surface area contributed by atoms with Crippen molar-refractivity contribution in [1.82, 2.24) is 10.2 Å². The maximum atomic E-state index is 13.7. The number of hydrogen-bond acceptors (Lipinski definition) is 5. The molecule has 3 aliphatic heterocycles. The number of rotatable bonds is 2. The molecule has 3 heterocycles. The first-order valence-corrected chi connectivity index (χ1v) is 10.9. The Bertz CT molecular complexity index is 1150. The van der Waals surface area contributed by atoms with Crippen molar-refractivity contribution in [1.29, 1.82) is 0 Å². The van der Waals surface area contributed by atoms with Crippen LogP contribution in [0.1, 0.15) is 37.5 Å². The first-order valence-electron chi connectivity index (χ1n) is 10.9. The number of phenols is 1. The molecule has 2 aromatic carbocycles. The monoisotopic (exact) mass is 433 g/mol. The zero-order valence-electron chi connectivity index (χ0n) is 18.6. The fraction of sp³-hybridized carbons (Fsp3) is 0.400. The van der Waals surface area contributed by atoms with Gasteiger partial charge < -0.3 is 10.4 Å². The molecule has 2 saturated heterocycles. The molecule has 5 rings (SSSR count). The van der Waals surface area contributed by atoms with Crippen molar-refractivity contribution in [3.8, 4) is 5.75 Å². The Morgan fingerprint density at radius 3 is 2.38 bits per heavy atom. The summed E-state index contributed by atoms with van der Waals surface area (Å²) in [6, 6.07) is 12.0. The summed E-state index contributed by atoms with van der Waals surface area (Å²) >= 11 is 0. The summed E-state index contributed by atoms with van der Waals surface area (Å²) in [4.78, 5) is 42.2. The lowest BCUT2D eigenvalue weighted by Gasteiger charge is -2.34. The van der Waals surface area contributed by atoms with Gasteiger partial charge in [-0.3, -0.25) is 24.6 Å². The number of phenolic OH excluding ortho intramolecular Hbond substituents is 1. The Morgan fingerprint density at radius 2 is 1.72 bits per heavy atom. The number of benzene rings is 2. The van der Waals surface area contributed by atoms with Gasteiger partial charge in [-0.15, -0.1) is 0 Å². The Kier molecular flexibility index (Phi) is 4.30. The highest BCUT2D eigenvalue weighted by Crippen LogP contribution is 2.54. The summed E-state index contributed by atoms with van der Waals surface area (Å²) < 4.78 is 0. The second kappa shape index (κ2) is 6.65.